The van der Waals surface area contributed by atoms with E-state index in [1.165, 1.54) is 11.0 Å². The summed E-state index contributed by atoms with van der Waals surface area (Å²) in [5, 5.41) is 3.83. The highest BCUT2D eigenvalue weighted by atomic mass is 16.1. The zero-order valence-electron chi connectivity index (χ0n) is 7.16. The topological polar surface area (TPSA) is 50.7 Å². The molecule has 0 radical (unpaired) electrons. The van der Waals surface area contributed by atoms with Crippen molar-refractivity contribution in [1.82, 2.24) is 14.8 Å². The Kier molecular flexibility index (Phi) is 3.32. The largest absolute Gasteiger partial charge is 0.343 e. The first-order valence-corrected chi connectivity index (χ1v) is 4.10. The van der Waals surface area contributed by atoms with Crippen LogP contribution in [0.15, 0.2) is 23.3 Å². The minimum atomic E-state index is -0.139. The molecule has 0 aliphatic carbocycles. The fourth-order valence-corrected chi connectivity index (χ4v) is 0.921. The van der Waals surface area contributed by atoms with E-state index in [9.17, 15) is 4.79 Å². The first-order valence-electron chi connectivity index (χ1n) is 4.10. The van der Waals surface area contributed by atoms with Crippen molar-refractivity contribution in [3.63, 3.8) is 0 Å². The van der Waals surface area contributed by atoms with Gasteiger partial charge in [-0.15, -0.1) is 0 Å². The number of aromatic nitrogens is 3. The number of rotatable bonds is 4. The van der Waals surface area contributed by atoms with Crippen molar-refractivity contribution in [3.8, 4) is 0 Å². The average molecular weight is 167 g/mol. The second-order valence-corrected chi connectivity index (χ2v) is 2.49. The van der Waals surface area contributed by atoms with Crippen molar-refractivity contribution >= 4 is 0 Å². The van der Waals surface area contributed by atoms with Crippen LogP contribution in [0.2, 0.25) is 0 Å². The van der Waals surface area contributed by atoms with Gasteiger partial charge in [-0.1, -0.05) is 19.1 Å². The smallest absolute Gasteiger partial charge is 0.295 e. The zero-order chi connectivity index (χ0) is 8.81. The second kappa shape index (κ2) is 4.54. The molecule has 0 aliphatic rings. The zero-order valence-corrected chi connectivity index (χ0v) is 7.16. The van der Waals surface area contributed by atoms with Gasteiger partial charge in [-0.25, -0.2) is 9.48 Å². The number of H-pyrrole nitrogens is 1. The summed E-state index contributed by atoms with van der Waals surface area (Å²) in [6, 6.07) is 0. The highest BCUT2D eigenvalue weighted by molar-refractivity contribution is 4.79. The molecule has 0 bridgehead atoms. The molecule has 66 valence electrons. The van der Waals surface area contributed by atoms with E-state index in [-0.39, 0.29) is 5.69 Å². The van der Waals surface area contributed by atoms with E-state index in [4.69, 9.17) is 0 Å². The molecule has 0 fully saturated rings. The molecule has 1 rings (SSSR count). The van der Waals surface area contributed by atoms with Gasteiger partial charge in [-0.3, -0.25) is 4.98 Å². The summed E-state index contributed by atoms with van der Waals surface area (Å²) in [4.78, 5) is 13.4. The van der Waals surface area contributed by atoms with Gasteiger partial charge in [-0.2, -0.15) is 5.10 Å². The van der Waals surface area contributed by atoms with Crippen molar-refractivity contribution in [3.05, 3.63) is 29.0 Å². The van der Waals surface area contributed by atoms with Crippen molar-refractivity contribution in [1.29, 1.82) is 0 Å². The van der Waals surface area contributed by atoms with Gasteiger partial charge < -0.3 is 0 Å². The van der Waals surface area contributed by atoms with E-state index in [1.807, 2.05) is 0 Å². The van der Waals surface area contributed by atoms with E-state index < -0.39 is 0 Å². The van der Waals surface area contributed by atoms with Gasteiger partial charge in [0.2, 0.25) is 0 Å². The summed E-state index contributed by atoms with van der Waals surface area (Å²) < 4.78 is 1.42. The van der Waals surface area contributed by atoms with Gasteiger partial charge in [0, 0.05) is 6.54 Å². The number of allylic oxidation sites excluding steroid dienone is 2. The van der Waals surface area contributed by atoms with Crippen LogP contribution in [0.4, 0.5) is 0 Å². The third kappa shape index (κ3) is 2.38. The van der Waals surface area contributed by atoms with E-state index in [2.05, 4.69) is 29.2 Å². The third-order valence-electron chi connectivity index (χ3n) is 1.53. The molecule has 0 saturated carbocycles. The Morgan fingerprint density at radius 1 is 1.67 bits per heavy atom. The Morgan fingerprint density at radius 2 is 2.50 bits per heavy atom. The summed E-state index contributed by atoms with van der Waals surface area (Å²) in [6.07, 6.45) is 7.44. The standard InChI is InChI=1S/C8H13N3O/c1-2-3-4-5-6-11-8(12)9-7-10-11/h3-4,7H,2,5-6H2,1H3,(H,9,10,12)/b4-3-. The Bertz CT molecular complexity index is 297. The second-order valence-electron chi connectivity index (χ2n) is 2.49. The molecule has 1 N–H and O–H groups in total. The highest BCUT2D eigenvalue weighted by Gasteiger charge is 1.93. The molecule has 0 unspecified atom stereocenters. The molecule has 12 heavy (non-hydrogen) atoms. The molecule has 0 amide bonds. The van der Waals surface area contributed by atoms with Gasteiger partial charge in [0.1, 0.15) is 6.33 Å². The first-order chi connectivity index (χ1) is 5.84. The number of nitrogens with one attached hydrogen (secondary N) is 1. The van der Waals surface area contributed by atoms with Crippen LogP contribution in [-0.4, -0.2) is 14.8 Å². The molecular formula is C8H13N3O. The van der Waals surface area contributed by atoms with E-state index in [0.717, 1.165) is 12.8 Å². The Labute approximate surface area is 70.9 Å². The Hall–Kier alpha value is -1.32. The highest BCUT2D eigenvalue weighted by Crippen LogP contribution is 1.87. The molecule has 1 aromatic heterocycles. The number of aromatic amines is 1. The van der Waals surface area contributed by atoms with Crippen LogP contribution in [0.1, 0.15) is 19.8 Å². The van der Waals surface area contributed by atoms with Crippen molar-refractivity contribution < 1.29 is 0 Å². The average Bonchev–Trinajstić information content (AvgIpc) is 2.46. The van der Waals surface area contributed by atoms with Crippen LogP contribution in [0, 0.1) is 0 Å². The normalized spacial score (nSPS) is 11.1. The summed E-state index contributed by atoms with van der Waals surface area (Å²) in [5.74, 6) is 0. The maximum absolute atomic E-state index is 10.9. The monoisotopic (exact) mass is 167 g/mol. The summed E-state index contributed by atoms with van der Waals surface area (Å²) >= 11 is 0. The Balaban J connectivity index is 2.38. The molecule has 1 aromatic rings. The van der Waals surface area contributed by atoms with Crippen molar-refractivity contribution in [2.45, 2.75) is 26.3 Å². The third-order valence-corrected chi connectivity index (χ3v) is 1.53. The SMILES string of the molecule is CC/C=C\CCn1nc[nH]c1=O. The number of nitrogens with zero attached hydrogens (tertiary/aromatic N) is 2. The van der Waals surface area contributed by atoms with Gasteiger partial charge in [0.25, 0.3) is 0 Å². The lowest BCUT2D eigenvalue weighted by Crippen LogP contribution is -2.17. The van der Waals surface area contributed by atoms with Gasteiger partial charge in [0.05, 0.1) is 0 Å². The maximum Gasteiger partial charge on any atom is 0.343 e. The predicted molar refractivity (Wildman–Crippen MR) is 46.9 cm³/mol. The molecule has 0 aliphatic heterocycles. The molecular weight excluding hydrogens is 154 g/mol. The van der Waals surface area contributed by atoms with E-state index in [1.54, 1.807) is 0 Å². The van der Waals surface area contributed by atoms with Crippen LogP contribution < -0.4 is 5.69 Å². The summed E-state index contributed by atoms with van der Waals surface area (Å²) in [7, 11) is 0. The first kappa shape index (κ1) is 8.77. The lowest BCUT2D eigenvalue weighted by Gasteiger charge is -1.92. The molecule has 1 heterocycles. The predicted octanol–water partition coefficient (Wildman–Crippen LogP) is 0.928. The van der Waals surface area contributed by atoms with Crippen LogP contribution in [0.3, 0.4) is 0 Å². The number of hydrogen-bond acceptors (Lipinski definition) is 2. The lowest BCUT2D eigenvalue weighted by atomic mass is 10.3. The van der Waals surface area contributed by atoms with Crippen LogP contribution >= 0.6 is 0 Å². The van der Waals surface area contributed by atoms with Gasteiger partial charge >= 0.3 is 5.69 Å². The summed E-state index contributed by atoms with van der Waals surface area (Å²) in [6.45, 7) is 2.73. The number of aryl methyl sites for hydroxylation is 1. The quantitative estimate of drug-likeness (QED) is 0.678. The van der Waals surface area contributed by atoms with Crippen LogP contribution in [0.5, 0.6) is 0 Å². The molecule has 0 saturated heterocycles. The molecule has 0 atom stereocenters. The van der Waals surface area contributed by atoms with E-state index in [0.29, 0.717) is 6.54 Å². The molecule has 4 nitrogen and oxygen atoms in total. The fourth-order valence-electron chi connectivity index (χ4n) is 0.921. The number of hydrogen-bond donors (Lipinski definition) is 1. The maximum atomic E-state index is 10.9. The minimum absolute atomic E-state index is 0.139. The van der Waals surface area contributed by atoms with E-state index >= 15 is 0 Å². The Morgan fingerprint density at radius 3 is 3.08 bits per heavy atom. The lowest BCUT2D eigenvalue weighted by molar-refractivity contribution is 0.600. The van der Waals surface area contributed by atoms with Gasteiger partial charge in [-0.05, 0) is 12.8 Å². The van der Waals surface area contributed by atoms with Crippen molar-refractivity contribution in [2.24, 2.45) is 0 Å². The van der Waals surface area contributed by atoms with Crippen LogP contribution in [0.25, 0.3) is 0 Å². The molecule has 0 spiro atoms. The van der Waals surface area contributed by atoms with Crippen LogP contribution in [-0.2, 0) is 6.54 Å². The van der Waals surface area contributed by atoms with Gasteiger partial charge in [0.15, 0.2) is 0 Å². The van der Waals surface area contributed by atoms with Crippen molar-refractivity contribution in [2.75, 3.05) is 0 Å². The minimum Gasteiger partial charge on any atom is -0.295 e. The molecule has 4 heteroatoms. The fraction of sp³-hybridized carbons (Fsp3) is 0.500. The molecule has 0 aromatic carbocycles. The summed E-state index contributed by atoms with van der Waals surface area (Å²) in [5.41, 5.74) is -0.139.